The highest BCUT2D eigenvalue weighted by molar-refractivity contribution is 7.99. The number of benzene rings is 3. The van der Waals surface area contributed by atoms with Crippen LogP contribution >= 0.6 is 11.8 Å². The van der Waals surface area contributed by atoms with Gasteiger partial charge in [0.1, 0.15) is 6.33 Å². The monoisotopic (exact) mass is 486 g/mol. The highest BCUT2D eigenvalue weighted by Crippen LogP contribution is 2.41. The summed E-state index contributed by atoms with van der Waals surface area (Å²) in [5, 5.41) is 8.98. The van der Waals surface area contributed by atoms with Gasteiger partial charge in [-0.25, -0.2) is 0 Å². The summed E-state index contributed by atoms with van der Waals surface area (Å²) in [4.78, 5) is 15.6. The van der Waals surface area contributed by atoms with Crippen molar-refractivity contribution in [1.82, 2.24) is 19.7 Å². The van der Waals surface area contributed by atoms with E-state index in [1.165, 1.54) is 11.8 Å². The molecule has 0 saturated heterocycles. The molecule has 0 N–H and O–H groups in total. The topological polar surface area (TPSA) is 69.5 Å². The molecule has 0 radical (unpaired) electrons. The number of nitrogens with zero attached hydrogens (tertiary/aromatic N) is 4. The molecule has 0 unspecified atom stereocenters. The zero-order chi connectivity index (χ0) is 24.2. The van der Waals surface area contributed by atoms with Crippen molar-refractivity contribution in [2.24, 2.45) is 0 Å². The van der Waals surface area contributed by atoms with Crippen LogP contribution in [0, 0.1) is 0 Å². The third kappa shape index (κ3) is 4.61. The van der Waals surface area contributed by atoms with Crippen molar-refractivity contribution in [1.29, 1.82) is 0 Å². The van der Waals surface area contributed by atoms with E-state index in [2.05, 4.69) is 22.3 Å². The summed E-state index contributed by atoms with van der Waals surface area (Å²) in [6, 6.07) is 23.8. The molecule has 7 nitrogen and oxygen atoms in total. The maximum atomic E-state index is 13.6. The van der Waals surface area contributed by atoms with Crippen LogP contribution in [0.2, 0.25) is 0 Å². The number of hydrogen-bond donors (Lipinski definition) is 0. The van der Waals surface area contributed by atoms with Gasteiger partial charge in [-0.15, -0.1) is 10.2 Å². The maximum absolute atomic E-state index is 13.6. The second-order valence-corrected chi connectivity index (χ2v) is 9.11. The van der Waals surface area contributed by atoms with Gasteiger partial charge < -0.3 is 14.4 Å². The predicted octanol–water partition coefficient (Wildman–Crippen LogP) is 4.55. The van der Waals surface area contributed by atoms with Crippen LogP contribution in [0.15, 0.2) is 84.3 Å². The van der Waals surface area contributed by atoms with E-state index >= 15 is 0 Å². The third-order valence-electron chi connectivity index (χ3n) is 6.18. The summed E-state index contributed by atoms with van der Waals surface area (Å²) in [5.74, 6) is 1.67. The molecular weight excluding hydrogens is 460 g/mol. The Morgan fingerprint density at radius 1 is 1.00 bits per heavy atom. The third-order valence-corrected chi connectivity index (χ3v) is 7.11. The van der Waals surface area contributed by atoms with Gasteiger partial charge in [-0.2, -0.15) is 0 Å². The summed E-state index contributed by atoms with van der Waals surface area (Å²) >= 11 is 1.40. The lowest BCUT2D eigenvalue weighted by atomic mass is 9.87. The predicted molar refractivity (Wildman–Crippen MR) is 135 cm³/mol. The fourth-order valence-electron chi connectivity index (χ4n) is 4.51. The van der Waals surface area contributed by atoms with Gasteiger partial charge in [0.15, 0.2) is 16.7 Å². The highest BCUT2D eigenvalue weighted by atomic mass is 32.2. The largest absolute Gasteiger partial charge is 0.493 e. The first-order valence-corrected chi connectivity index (χ1v) is 12.4. The first-order chi connectivity index (χ1) is 17.2. The smallest absolute Gasteiger partial charge is 0.233 e. The van der Waals surface area contributed by atoms with Crippen LogP contribution < -0.4 is 9.47 Å². The molecule has 0 spiro atoms. The van der Waals surface area contributed by atoms with Crippen LogP contribution in [0.25, 0.3) is 5.69 Å². The van der Waals surface area contributed by atoms with Crippen LogP contribution in [0.3, 0.4) is 0 Å². The van der Waals surface area contributed by atoms with E-state index in [1.807, 2.05) is 70.1 Å². The second-order valence-electron chi connectivity index (χ2n) is 8.16. The van der Waals surface area contributed by atoms with E-state index in [9.17, 15) is 4.79 Å². The van der Waals surface area contributed by atoms with Gasteiger partial charge in [-0.1, -0.05) is 60.3 Å². The van der Waals surface area contributed by atoms with E-state index in [-0.39, 0.29) is 17.7 Å². The number of carbonyl (C=O) groups is 1. The summed E-state index contributed by atoms with van der Waals surface area (Å²) < 4.78 is 13.0. The molecule has 3 aromatic carbocycles. The molecule has 0 bridgehead atoms. The zero-order valence-corrected chi connectivity index (χ0v) is 20.4. The quantitative estimate of drug-likeness (QED) is 0.357. The molecule has 5 rings (SSSR count). The van der Waals surface area contributed by atoms with Crippen LogP contribution in [-0.2, 0) is 11.2 Å². The van der Waals surface area contributed by atoms with Crippen LogP contribution in [-0.4, -0.2) is 52.1 Å². The second kappa shape index (κ2) is 10.2. The van der Waals surface area contributed by atoms with E-state index in [0.717, 1.165) is 28.8 Å². The molecule has 4 aromatic rings. The molecule has 35 heavy (non-hydrogen) atoms. The van der Waals surface area contributed by atoms with Crippen molar-refractivity contribution < 1.29 is 14.3 Å². The van der Waals surface area contributed by atoms with Gasteiger partial charge in [-0.05, 0) is 47.4 Å². The number of fused-ring (bicyclic) bond motifs is 1. The number of rotatable bonds is 7. The van der Waals surface area contributed by atoms with Crippen molar-refractivity contribution in [3.63, 3.8) is 0 Å². The van der Waals surface area contributed by atoms with Crippen molar-refractivity contribution in [3.8, 4) is 17.2 Å². The molecule has 1 atom stereocenters. The SMILES string of the molecule is COc1cc2c(cc1OC)[C@@H](c1ccccc1)N(C(=O)CSc1nncn1-c1ccccc1)CC2. The van der Waals surface area contributed by atoms with Crippen molar-refractivity contribution in [3.05, 3.63) is 95.8 Å². The summed E-state index contributed by atoms with van der Waals surface area (Å²) in [7, 11) is 3.27. The minimum Gasteiger partial charge on any atom is -0.493 e. The normalized spacial score (nSPS) is 14.9. The summed E-state index contributed by atoms with van der Waals surface area (Å²) in [5.41, 5.74) is 4.25. The minimum atomic E-state index is -0.208. The molecular formula is C27H26N4O3S. The van der Waals surface area contributed by atoms with Crippen LogP contribution in [0.4, 0.5) is 0 Å². The van der Waals surface area contributed by atoms with Gasteiger partial charge in [-0.3, -0.25) is 9.36 Å². The average molecular weight is 487 g/mol. The average Bonchev–Trinajstić information content (AvgIpc) is 3.40. The molecule has 0 aliphatic carbocycles. The Kier molecular flexibility index (Phi) is 6.72. The van der Waals surface area contributed by atoms with Crippen LogP contribution in [0.5, 0.6) is 11.5 Å². The molecule has 1 amide bonds. The van der Waals surface area contributed by atoms with Gasteiger partial charge in [0.25, 0.3) is 0 Å². The number of methoxy groups -OCH3 is 2. The number of aromatic nitrogens is 3. The van der Waals surface area contributed by atoms with Crippen molar-refractivity contribution in [2.75, 3.05) is 26.5 Å². The van der Waals surface area contributed by atoms with Gasteiger partial charge in [0.05, 0.1) is 26.0 Å². The van der Waals surface area contributed by atoms with E-state index in [0.29, 0.717) is 23.2 Å². The standard InChI is InChI=1S/C27H26N4O3S/c1-33-23-15-20-13-14-30(26(19-9-5-3-6-10-19)22(20)16-24(23)34-2)25(32)17-35-27-29-28-18-31(27)21-11-7-4-8-12-21/h3-12,15-16,18,26H,13-14,17H2,1-2H3/t26-/m1/s1. The Labute approximate surface area is 208 Å². The fourth-order valence-corrected chi connectivity index (χ4v) is 5.32. The lowest BCUT2D eigenvalue weighted by Crippen LogP contribution is -2.41. The fraction of sp³-hybridized carbons (Fsp3) is 0.222. The molecule has 0 saturated carbocycles. The highest BCUT2D eigenvalue weighted by Gasteiger charge is 2.33. The number of hydrogen-bond acceptors (Lipinski definition) is 6. The summed E-state index contributed by atoms with van der Waals surface area (Å²) in [6.07, 6.45) is 2.42. The van der Waals surface area contributed by atoms with Gasteiger partial charge >= 0.3 is 0 Å². The molecule has 178 valence electrons. The lowest BCUT2D eigenvalue weighted by molar-refractivity contribution is -0.130. The Morgan fingerprint density at radius 2 is 1.69 bits per heavy atom. The van der Waals surface area contributed by atoms with Crippen LogP contribution in [0.1, 0.15) is 22.7 Å². The molecule has 8 heteroatoms. The van der Waals surface area contributed by atoms with Gasteiger partial charge in [0.2, 0.25) is 5.91 Å². The number of para-hydroxylation sites is 1. The molecule has 2 heterocycles. The number of carbonyl (C=O) groups excluding carboxylic acids is 1. The zero-order valence-electron chi connectivity index (χ0n) is 19.6. The Balaban J connectivity index is 1.43. The molecule has 0 fully saturated rings. The lowest BCUT2D eigenvalue weighted by Gasteiger charge is -2.38. The Morgan fingerprint density at radius 3 is 2.40 bits per heavy atom. The Bertz CT molecular complexity index is 1310. The first-order valence-electron chi connectivity index (χ1n) is 11.4. The Hall–Kier alpha value is -3.78. The molecule has 1 aromatic heterocycles. The summed E-state index contributed by atoms with van der Waals surface area (Å²) in [6.45, 7) is 0.618. The number of thioether (sulfide) groups is 1. The van der Waals surface area contributed by atoms with E-state index < -0.39 is 0 Å². The van der Waals surface area contributed by atoms with Crippen molar-refractivity contribution in [2.45, 2.75) is 17.6 Å². The number of amides is 1. The van der Waals surface area contributed by atoms with E-state index in [1.54, 1.807) is 20.5 Å². The number of ether oxygens (including phenoxy) is 2. The van der Waals surface area contributed by atoms with Gasteiger partial charge in [0, 0.05) is 12.2 Å². The maximum Gasteiger partial charge on any atom is 0.233 e. The molecule has 1 aliphatic rings. The van der Waals surface area contributed by atoms with E-state index in [4.69, 9.17) is 9.47 Å². The van der Waals surface area contributed by atoms with Crippen molar-refractivity contribution >= 4 is 17.7 Å². The first kappa shape index (κ1) is 23.0. The molecule has 1 aliphatic heterocycles. The minimum absolute atomic E-state index is 0.0481.